The van der Waals surface area contributed by atoms with Gasteiger partial charge >= 0.3 is 11.9 Å². The summed E-state index contributed by atoms with van der Waals surface area (Å²) in [5.41, 5.74) is -0.370. The van der Waals surface area contributed by atoms with Crippen molar-refractivity contribution in [2.45, 2.75) is 103 Å². The van der Waals surface area contributed by atoms with Crippen molar-refractivity contribution in [2.75, 3.05) is 12.9 Å². The number of aromatic nitrogens is 3. The lowest BCUT2D eigenvalue weighted by Crippen LogP contribution is -2.53. The van der Waals surface area contributed by atoms with Gasteiger partial charge in [0.25, 0.3) is 0 Å². The molecule has 2 aliphatic rings. The number of cyclic esters (lactones) is 1. The Morgan fingerprint density at radius 2 is 1.70 bits per heavy atom. The number of rotatable bonds is 7. The molecule has 2 fully saturated rings. The van der Waals surface area contributed by atoms with Crippen LogP contribution in [0.25, 0.3) is 11.2 Å². The topological polar surface area (TPSA) is 127 Å². The molecule has 11 heteroatoms. The van der Waals surface area contributed by atoms with Gasteiger partial charge in [-0.2, -0.15) is 0 Å². The molecule has 4 heterocycles. The molecule has 0 spiro atoms. The van der Waals surface area contributed by atoms with E-state index in [9.17, 15) is 19.2 Å². The lowest BCUT2D eigenvalue weighted by atomic mass is 9.70. The van der Waals surface area contributed by atoms with E-state index in [0.29, 0.717) is 31.6 Å². The zero-order valence-corrected chi connectivity index (χ0v) is 28.0. The molecule has 0 saturated carbocycles. The molecule has 2 saturated heterocycles. The minimum absolute atomic E-state index is 0.00468. The van der Waals surface area contributed by atoms with E-state index in [2.05, 4.69) is 9.97 Å². The fourth-order valence-electron chi connectivity index (χ4n) is 7.27. The first-order chi connectivity index (χ1) is 20.8. The highest BCUT2D eigenvalue weighted by molar-refractivity contribution is 8.00. The van der Waals surface area contributed by atoms with Crippen LogP contribution in [0.2, 0.25) is 0 Å². The first-order valence-corrected chi connectivity index (χ1v) is 16.7. The van der Waals surface area contributed by atoms with E-state index in [4.69, 9.17) is 14.2 Å². The molecule has 0 radical (unpaired) electrons. The number of nitrogens with zero attached hydrogens (tertiary/aromatic N) is 3. The number of carbonyl (C=O) groups is 4. The van der Waals surface area contributed by atoms with Gasteiger partial charge in [0.2, 0.25) is 0 Å². The Kier molecular flexibility index (Phi) is 10.6. The fourth-order valence-corrected chi connectivity index (χ4v) is 8.72. The summed E-state index contributed by atoms with van der Waals surface area (Å²) in [6.45, 7) is 13.3. The lowest BCUT2D eigenvalue weighted by molar-refractivity contribution is -0.183. The summed E-state index contributed by atoms with van der Waals surface area (Å²) in [7, 11) is 1.58. The number of hydrogen-bond donors (Lipinski definition) is 0. The predicted molar refractivity (Wildman–Crippen MR) is 168 cm³/mol. The summed E-state index contributed by atoms with van der Waals surface area (Å²) in [5, 5.41) is -0.627. The van der Waals surface area contributed by atoms with Crippen molar-refractivity contribution >= 4 is 46.4 Å². The molecule has 2 aromatic heterocycles. The highest BCUT2D eigenvalue weighted by Crippen LogP contribution is 2.48. The summed E-state index contributed by atoms with van der Waals surface area (Å²) >= 11 is 1.47. The van der Waals surface area contributed by atoms with Gasteiger partial charge in [-0.05, 0) is 64.3 Å². The van der Waals surface area contributed by atoms with Gasteiger partial charge in [-0.3, -0.25) is 19.2 Å². The molecule has 44 heavy (non-hydrogen) atoms. The normalized spacial score (nSPS) is 35.7. The van der Waals surface area contributed by atoms with Crippen LogP contribution in [-0.2, 0) is 39.9 Å². The standard InChI is InChI=1S/C33H47N3O7S/c1-9-24-33(7)25(28(31(40)43-33)44-15-11-14-36-18-35-23-12-10-13-34-29(23)36)21(4)26(37)19(2)16-32(6,41-8)17-20(3)27(38)22(5)30(39)42-24/h10,12-13,18-22,24-25,28H,9,11,14-17H2,1-8H3. The number of ether oxygens (including phenoxy) is 3. The molecule has 0 amide bonds. The first-order valence-electron chi connectivity index (χ1n) is 15.7. The number of imidazole rings is 1. The number of aryl methyl sites for hydroxylation is 1. The Morgan fingerprint density at radius 3 is 2.36 bits per heavy atom. The molecule has 0 bridgehead atoms. The smallest absolute Gasteiger partial charge is 0.320 e. The molecular formula is C33H47N3O7S. The van der Waals surface area contributed by atoms with E-state index in [1.165, 1.54) is 11.8 Å². The van der Waals surface area contributed by atoms with Crippen molar-refractivity contribution in [3.63, 3.8) is 0 Å². The summed E-state index contributed by atoms with van der Waals surface area (Å²) in [4.78, 5) is 63.2. The maximum atomic E-state index is 14.1. The van der Waals surface area contributed by atoms with Crippen molar-refractivity contribution in [1.29, 1.82) is 0 Å². The van der Waals surface area contributed by atoms with Gasteiger partial charge in [0.05, 0.1) is 11.9 Å². The van der Waals surface area contributed by atoms with Crippen LogP contribution < -0.4 is 0 Å². The van der Waals surface area contributed by atoms with E-state index < -0.39 is 64.1 Å². The van der Waals surface area contributed by atoms with Crippen molar-refractivity contribution in [1.82, 2.24) is 14.5 Å². The minimum atomic E-state index is -1.25. The monoisotopic (exact) mass is 629 g/mol. The molecule has 242 valence electrons. The highest BCUT2D eigenvalue weighted by atomic mass is 32.2. The van der Waals surface area contributed by atoms with Crippen molar-refractivity contribution in [2.24, 2.45) is 29.6 Å². The van der Waals surface area contributed by atoms with Gasteiger partial charge in [0.1, 0.15) is 34.4 Å². The molecule has 0 aliphatic carbocycles. The number of methoxy groups -OCH3 is 1. The third-order valence-corrected chi connectivity index (χ3v) is 11.1. The van der Waals surface area contributed by atoms with E-state index >= 15 is 0 Å². The largest absolute Gasteiger partial charge is 0.458 e. The number of esters is 2. The highest BCUT2D eigenvalue weighted by Gasteiger charge is 2.61. The second-order valence-electron chi connectivity index (χ2n) is 13.1. The number of pyridine rings is 1. The lowest BCUT2D eigenvalue weighted by Gasteiger charge is -2.41. The Balaban J connectivity index is 1.63. The van der Waals surface area contributed by atoms with Gasteiger partial charge in [-0.1, -0.05) is 27.7 Å². The van der Waals surface area contributed by atoms with Crippen molar-refractivity contribution in [3.05, 3.63) is 24.7 Å². The molecule has 10 nitrogen and oxygen atoms in total. The zero-order valence-electron chi connectivity index (χ0n) is 27.2. The second kappa shape index (κ2) is 13.7. The van der Waals surface area contributed by atoms with Crippen LogP contribution >= 0.6 is 11.8 Å². The predicted octanol–water partition coefficient (Wildman–Crippen LogP) is 5.06. The van der Waals surface area contributed by atoms with Crippen LogP contribution in [-0.4, -0.2) is 73.5 Å². The summed E-state index contributed by atoms with van der Waals surface area (Å²) in [6.07, 6.45) is 4.56. The minimum Gasteiger partial charge on any atom is -0.458 e. The van der Waals surface area contributed by atoms with Gasteiger partial charge in [0.15, 0.2) is 11.2 Å². The first kappa shape index (κ1) is 34.1. The van der Waals surface area contributed by atoms with Crippen LogP contribution in [0.5, 0.6) is 0 Å². The summed E-state index contributed by atoms with van der Waals surface area (Å²) in [5.74, 6) is -3.64. The molecular weight excluding hydrogens is 582 g/mol. The van der Waals surface area contributed by atoms with Crippen molar-refractivity contribution in [3.8, 4) is 0 Å². The molecule has 9 unspecified atom stereocenters. The SMILES string of the molecule is CCC1OC(=O)C(C)C(=O)C(C)CC(C)(OC)CC(C)C(=O)C(C)C2C(SCCCn3cnc4cccnc43)C(=O)OC12C. The van der Waals surface area contributed by atoms with Crippen molar-refractivity contribution < 1.29 is 33.4 Å². The van der Waals surface area contributed by atoms with E-state index in [0.717, 1.165) is 17.6 Å². The Morgan fingerprint density at radius 1 is 1.02 bits per heavy atom. The van der Waals surface area contributed by atoms with Crippen LogP contribution in [0.4, 0.5) is 0 Å². The Hall–Kier alpha value is -2.79. The van der Waals surface area contributed by atoms with Crippen LogP contribution in [0.3, 0.4) is 0 Å². The number of thioether (sulfide) groups is 1. The number of carbonyl (C=O) groups excluding carboxylic acids is 4. The number of hydrogen-bond acceptors (Lipinski definition) is 10. The van der Waals surface area contributed by atoms with Gasteiger partial charge < -0.3 is 18.8 Å². The Bertz CT molecular complexity index is 1380. The molecule has 2 aliphatic heterocycles. The van der Waals surface area contributed by atoms with Gasteiger partial charge in [0, 0.05) is 43.5 Å². The molecule has 0 N–H and O–H groups in total. The third-order valence-electron chi connectivity index (χ3n) is 9.73. The average molecular weight is 630 g/mol. The molecule has 9 atom stereocenters. The van der Waals surface area contributed by atoms with E-state index in [-0.39, 0.29) is 11.6 Å². The summed E-state index contributed by atoms with van der Waals surface area (Å²) < 4.78 is 20.0. The number of ketones is 2. The van der Waals surface area contributed by atoms with E-state index in [1.54, 1.807) is 40.4 Å². The maximum Gasteiger partial charge on any atom is 0.320 e. The molecule has 4 rings (SSSR count). The third kappa shape index (κ3) is 6.73. The number of fused-ring (bicyclic) bond motifs is 2. The second-order valence-corrected chi connectivity index (χ2v) is 14.3. The maximum absolute atomic E-state index is 14.1. The zero-order chi connectivity index (χ0) is 32.4. The fraction of sp³-hybridized carbons (Fsp3) is 0.697. The Labute approximate surface area is 264 Å². The summed E-state index contributed by atoms with van der Waals surface area (Å²) in [6, 6.07) is 3.77. The average Bonchev–Trinajstić information content (AvgIpc) is 3.53. The van der Waals surface area contributed by atoms with Crippen LogP contribution in [0.15, 0.2) is 24.7 Å². The number of Topliss-reactive ketones (excluding diaryl/α,β-unsaturated/α-hetero) is 2. The van der Waals surface area contributed by atoms with Crippen LogP contribution in [0.1, 0.15) is 74.1 Å². The van der Waals surface area contributed by atoms with Crippen LogP contribution in [0, 0.1) is 29.6 Å². The molecule has 2 aromatic rings. The molecule has 0 aromatic carbocycles. The van der Waals surface area contributed by atoms with Gasteiger partial charge in [-0.25, -0.2) is 9.97 Å². The van der Waals surface area contributed by atoms with E-state index in [1.807, 2.05) is 44.4 Å². The quantitative estimate of drug-likeness (QED) is 0.233. The van der Waals surface area contributed by atoms with Gasteiger partial charge in [-0.15, -0.1) is 11.8 Å².